The molecule has 8 heteroatoms. The number of benzene rings is 1. The summed E-state index contributed by atoms with van der Waals surface area (Å²) in [5.74, 6) is -1.83. The van der Waals surface area contributed by atoms with Crippen molar-refractivity contribution in [3.05, 3.63) is 46.1 Å². The van der Waals surface area contributed by atoms with Crippen LogP contribution in [0.4, 0.5) is 8.78 Å². The van der Waals surface area contributed by atoms with E-state index in [4.69, 9.17) is 11.6 Å². The second kappa shape index (κ2) is 6.97. The molecule has 1 aromatic carbocycles. The van der Waals surface area contributed by atoms with E-state index in [2.05, 4.69) is 4.74 Å². The first-order valence-corrected chi connectivity index (χ1v) is 6.98. The molecule has 0 bridgehead atoms. The summed E-state index contributed by atoms with van der Waals surface area (Å²) in [5.41, 5.74) is -0.0720. The van der Waals surface area contributed by atoms with Crippen molar-refractivity contribution in [3.8, 4) is 0 Å². The number of hydrogen-bond donors (Lipinski definition) is 0. The van der Waals surface area contributed by atoms with Crippen molar-refractivity contribution in [3.63, 3.8) is 0 Å². The Kier molecular flexibility index (Phi) is 5.23. The van der Waals surface area contributed by atoms with Crippen LogP contribution in [0.25, 0.3) is 0 Å². The number of carbonyl (C=O) groups excluding carboxylic acids is 3. The topological polar surface area (TPSA) is 63.7 Å². The molecule has 0 fully saturated rings. The fourth-order valence-corrected chi connectivity index (χ4v) is 2.52. The van der Waals surface area contributed by atoms with Crippen molar-refractivity contribution in [2.45, 2.75) is 13.5 Å². The predicted octanol–water partition coefficient (Wildman–Crippen LogP) is 2.60. The molecule has 0 aromatic heterocycles. The average molecular weight is 344 g/mol. The molecule has 23 heavy (non-hydrogen) atoms. The lowest BCUT2D eigenvalue weighted by molar-refractivity contribution is -0.139. The lowest BCUT2D eigenvalue weighted by atomic mass is 9.92. The molecule has 122 valence electrons. The third-order valence-corrected chi connectivity index (χ3v) is 3.60. The number of hydrogen-bond acceptors (Lipinski definition) is 4. The lowest BCUT2D eigenvalue weighted by Crippen LogP contribution is -2.38. The molecule has 1 aromatic rings. The van der Waals surface area contributed by atoms with E-state index in [1.165, 1.54) is 12.1 Å². The second-order valence-corrected chi connectivity index (χ2v) is 5.05. The maximum atomic E-state index is 12.5. The van der Waals surface area contributed by atoms with Gasteiger partial charge >= 0.3 is 6.61 Å². The molecule has 0 heterocycles. The zero-order valence-corrected chi connectivity index (χ0v) is 12.8. The van der Waals surface area contributed by atoms with Gasteiger partial charge in [-0.15, -0.1) is 0 Å². The van der Waals surface area contributed by atoms with Gasteiger partial charge in [-0.05, 0) is 0 Å². The first-order valence-electron chi connectivity index (χ1n) is 6.60. The van der Waals surface area contributed by atoms with Crippen LogP contribution in [-0.4, -0.2) is 42.1 Å². The van der Waals surface area contributed by atoms with Gasteiger partial charge in [-0.25, -0.2) is 0 Å². The van der Waals surface area contributed by atoms with Crippen molar-refractivity contribution in [1.29, 1.82) is 0 Å². The predicted molar refractivity (Wildman–Crippen MR) is 77.3 cm³/mol. The Hall–Kier alpha value is -2.12. The Bertz CT molecular complexity index is 702. The highest BCUT2D eigenvalue weighted by atomic mass is 35.5. The fraction of sp³-hybridized carbons (Fsp3) is 0.267. The minimum absolute atomic E-state index is 0.109. The zero-order chi connectivity index (χ0) is 17.1. The van der Waals surface area contributed by atoms with Gasteiger partial charge in [-0.2, -0.15) is 8.78 Å². The quantitative estimate of drug-likeness (QED) is 0.824. The smallest absolute Gasteiger partial charge is 0.321 e. The molecule has 0 aliphatic heterocycles. The molecular weight excluding hydrogens is 332 g/mol. The number of rotatable bonds is 5. The summed E-state index contributed by atoms with van der Waals surface area (Å²) in [6, 6.07) is 6.04. The van der Waals surface area contributed by atoms with Crippen LogP contribution in [0, 0.1) is 0 Å². The number of fused-ring (bicyclic) bond motifs is 1. The van der Waals surface area contributed by atoms with Crippen LogP contribution >= 0.6 is 11.6 Å². The Balaban J connectivity index is 2.38. The maximum absolute atomic E-state index is 12.5. The molecule has 0 radical (unpaired) electrons. The van der Waals surface area contributed by atoms with Crippen LogP contribution in [0.5, 0.6) is 0 Å². The van der Waals surface area contributed by atoms with E-state index in [-0.39, 0.29) is 23.4 Å². The number of halogens is 3. The molecule has 1 aliphatic rings. The second-order valence-electron chi connectivity index (χ2n) is 4.67. The monoisotopic (exact) mass is 343 g/mol. The SMILES string of the molecule is CC(=O)N(CCOC(F)F)C1=C(Cl)C(=O)c2ccccc2C1=O. The molecule has 1 amide bonds. The van der Waals surface area contributed by atoms with Crippen LogP contribution in [0.15, 0.2) is 35.0 Å². The largest absolute Gasteiger partial charge is 0.345 e. The average Bonchev–Trinajstić information content (AvgIpc) is 2.51. The number of allylic oxidation sites excluding steroid dienone is 2. The molecule has 0 atom stereocenters. The van der Waals surface area contributed by atoms with E-state index in [0.29, 0.717) is 0 Å². The van der Waals surface area contributed by atoms with Gasteiger partial charge in [0.05, 0.1) is 6.61 Å². The molecule has 0 saturated heterocycles. The third-order valence-electron chi connectivity index (χ3n) is 3.25. The van der Waals surface area contributed by atoms with Gasteiger partial charge in [-0.3, -0.25) is 14.4 Å². The number of alkyl halides is 2. The van der Waals surface area contributed by atoms with Crippen LogP contribution in [0.2, 0.25) is 0 Å². The molecule has 5 nitrogen and oxygen atoms in total. The lowest BCUT2D eigenvalue weighted by Gasteiger charge is -2.27. The van der Waals surface area contributed by atoms with Crippen molar-refractivity contribution in [2.24, 2.45) is 0 Å². The molecule has 0 saturated carbocycles. The molecule has 1 aliphatic carbocycles. The highest BCUT2D eigenvalue weighted by Crippen LogP contribution is 2.30. The van der Waals surface area contributed by atoms with E-state index < -0.39 is 35.7 Å². The molecule has 0 N–H and O–H groups in total. The number of ketones is 2. The summed E-state index contributed by atoms with van der Waals surface area (Å²) >= 11 is 5.96. The van der Waals surface area contributed by atoms with Gasteiger partial charge in [0.1, 0.15) is 10.7 Å². The van der Waals surface area contributed by atoms with Crippen molar-refractivity contribution < 1.29 is 27.9 Å². The minimum atomic E-state index is -3.00. The van der Waals surface area contributed by atoms with E-state index >= 15 is 0 Å². The Morgan fingerprint density at radius 3 is 2.30 bits per heavy atom. The van der Waals surface area contributed by atoms with Crippen LogP contribution in [-0.2, 0) is 9.53 Å². The van der Waals surface area contributed by atoms with Crippen molar-refractivity contribution in [1.82, 2.24) is 4.90 Å². The summed E-state index contributed by atoms with van der Waals surface area (Å²) in [4.78, 5) is 37.4. The van der Waals surface area contributed by atoms with Gasteiger partial charge < -0.3 is 9.64 Å². The maximum Gasteiger partial charge on any atom is 0.345 e. The van der Waals surface area contributed by atoms with E-state index in [9.17, 15) is 23.2 Å². The highest BCUT2D eigenvalue weighted by molar-refractivity contribution is 6.50. The molecular formula is C15H12ClF2NO4. The Labute approximate surface area is 135 Å². The first kappa shape index (κ1) is 17.2. The van der Waals surface area contributed by atoms with Crippen molar-refractivity contribution in [2.75, 3.05) is 13.2 Å². The van der Waals surface area contributed by atoms with E-state index in [0.717, 1.165) is 11.8 Å². The zero-order valence-electron chi connectivity index (χ0n) is 12.0. The summed E-state index contributed by atoms with van der Waals surface area (Å²) in [7, 11) is 0. The Morgan fingerprint density at radius 2 is 1.78 bits per heavy atom. The standard InChI is InChI=1S/C15H12ClF2NO4/c1-8(20)19(6-7-23-15(17)18)12-11(16)13(21)9-4-2-3-5-10(9)14(12)22/h2-5,15H,6-7H2,1H3. The number of carbonyl (C=O) groups is 3. The highest BCUT2D eigenvalue weighted by Gasteiger charge is 2.35. The van der Waals surface area contributed by atoms with Crippen molar-refractivity contribution >= 4 is 29.1 Å². The first-order chi connectivity index (χ1) is 10.8. The molecule has 0 spiro atoms. The van der Waals surface area contributed by atoms with Gasteiger partial charge in [0.2, 0.25) is 17.5 Å². The molecule has 2 rings (SSSR count). The van der Waals surface area contributed by atoms with E-state index in [1.54, 1.807) is 12.1 Å². The molecule has 0 unspecified atom stereocenters. The van der Waals surface area contributed by atoms with Crippen LogP contribution in [0.1, 0.15) is 27.6 Å². The fourth-order valence-electron chi connectivity index (χ4n) is 2.23. The summed E-state index contributed by atoms with van der Waals surface area (Å²) in [6.07, 6.45) is 0. The summed E-state index contributed by atoms with van der Waals surface area (Å²) in [5, 5.41) is -0.416. The van der Waals surface area contributed by atoms with E-state index in [1.807, 2.05) is 0 Å². The summed E-state index contributed by atoms with van der Waals surface area (Å²) < 4.78 is 28.2. The number of nitrogens with zero attached hydrogens (tertiary/aromatic N) is 1. The normalized spacial score (nSPS) is 14.3. The minimum Gasteiger partial charge on any atom is -0.321 e. The third kappa shape index (κ3) is 3.46. The Morgan fingerprint density at radius 1 is 1.22 bits per heavy atom. The van der Waals surface area contributed by atoms with Crippen LogP contribution < -0.4 is 0 Å². The van der Waals surface area contributed by atoms with Gasteiger partial charge in [0.25, 0.3) is 0 Å². The number of ether oxygens (including phenoxy) is 1. The summed E-state index contributed by atoms with van der Waals surface area (Å²) in [6.45, 7) is -2.70. The number of Topliss-reactive ketones (excluding diaryl/α,β-unsaturated/α-hetero) is 2. The van der Waals surface area contributed by atoms with Gasteiger partial charge in [-0.1, -0.05) is 35.9 Å². The van der Waals surface area contributed by atoms with Crippen LogP contribution in [0.3, 0.4) is 0 Å². The van der Waals surface area contributed by atoms with Gasteiger partial charge in [0, 0.05) is 24.6 Å². The number of amides is 1. The van der Waals surface area contributed by atoms with Gasteiger partial charge in [0.15, 0.2) is 0 Å².